The number of pyridine rings is 1. The Hall–Kier alpha value is -3.43. The molecule has 0 spiro atoms. The van der Waals surface area contributed by atoms with Gasteiger partial charge in [0.2, 0.25) is 0 Å². The molecule has 7 nitrogen and oxygen atoms in total. The molecule has 1 aliphatic carbocycles. The van der Waals surface area contributed by atoms with Crippen LogP contribution in [-0.4, -0.2) is 38.2 Å². The molecular weight excluding hydrogens is 532 g/mol. The smallest absolute Gasteiger partial charge is 0.269 e. The summed E-state index contributed by atoms with van der Waals surface area (Å²) in [5.74, 6) is 0.838. The second-order valence-corrected chi connectivity index (χ2v) is 14.1. The van der Waals surface area contributed by atoms with Crippen molar-refractivity contribution in [3.8, 4) is 5.75 Å². The van der Waals surface area contributed by atoms with Crippen molar-refractivity contribution in [2.75, 3.05) is 6.26 Å². The fourth-order valence-electron chi connectivity index (χ4n) is 5.09. The fraction of sp³-hybridized carbons (Fsp3) is 0.300. The van der Waals surface area contributed by atoms with Crippen LogP contribution in [0.1, 0.15) is 50.8 Å². The highest BCUT2D eigenvalue weighted by molar-refractivity contribution is 7.90. The van der Waals surface area contributed by atoms with Gasteiger partial charge in [0, 0.05) is 17.2 Å². The van der Waals surface area contributed by atoms with E-state index >= 15 is 0 Å². The molecule has 1 fully saturated rings. The molecule has 0 radical (unpaired) electrons. The molecule has 1 aliphatic rings. The van der Waals surface area contributed by atoms with Gasteiger partial charge in [-0.05, 0) is 74.6 Å². The number of rotatable bonds is 8. The molecule has 0 bridgehead atoms. The Labute approximate surface area is 230 Å². The van der Waals surface area contributed by atoms with E-state index in [1.807, 2.05) is 26.0 Å². The fourth-order valence-corrected chi connectivity index (χ4v) is 7.22. The Morgan fingerprint density at radius 2 is 1.62 bits per heavy atom. The molecule has 0 unspecified atom stereocenters. The molecule has 2 aromatic heterocycles. The average molecular weight is 565 g/mol. The summed E-state index contributed by atoms with van der Waals surface area (Å²) in [4.78, 5) is 4.92. The van der Waals surface area contributed by atoms with Gasteiger partial charge in [-0.2, -0.15) is 0 Å². The van der Waals surface area contributed by atoms with E-state index in [-0.39, 0.29) is 21.8 Å². The molecule has 0 N–H and O–H groups in total. The van der Waals surface area contributed by atoms with E-state index in [0.29, 0.717) is 22.5 Å². The minimum absolute atomic E-state index is 0.0648. The largest absolute Gasteiger partial charge is 0.489 e. The summed E-state index contributed by atoms with van der Waals surface area (Å²) in [6.45, 7) is 3.84. The molecule has 0 amide bonds. The number of nitrogens with zero attached hydrogens (tertiary/aromatic N) is 2. The average Bonchev–Trinajstić information content (AvgIpc) is 3.55. The topological polar surface area (TPSA) is 95.3 Å². The summed E-state index contributed by atoms with van der Waals surface area (Å²) in [5.41, 5.74) is 2.24. The molecule has 9 heteroatoms. The van der Waals surface area contributed by atoms with Gasteiger partial charge in [0.15, 0.2) is 15.5 Å². The lowest BCUT2D eigenvalue weighted by Crippen LogP contribution is -2.16. The van der Waals surface area contributed by atoms with Crippen molar-refractivity contribution < 1.29 is 21.6 Å². The molecule has 0 saturated heterocycles. The van der Waals surface area contributed by atoms with Crippen LogP contribution in [-0.2, 0) is 19.9 Å². The molecule has 2 heterocycles. The van der Waals surface area contributed by atoms with E-state index < -0.39 is 19.9 Å². The Morgan fingerprint density at radius 1 is 0.949 bits per heavy atom. The zero-order valence-corrected chi connectivity index (χ0v) is 23.9. The first-order valence-corrected chi connectivity index (χ1v) is 16.4. The molecular formula is C30H32N2O5S2. The van der Waals surface area contributed by atoms with Crippen LogP contribution in [0, 0.1) is 5.92 Å². The molecule has 0 aliphatic heterocycles. The van der Waals surface area contributed by atoms with E-state index in [1.165, 1.54) is 10.2 Å². The highest BCUT2D eigenvalue weighted by Crippen LogP contribution is 2.37. The highest BCUT2D eigenvalue weighted by atomic mass is 32.2. The monoisotopic (exact) mass is 564 g/mol. The zero-order valence-electron chi connectivity index (χ0n) is 22.2. The Kier molecular flexibility index (Phi) is 7.39. The molecule has 2 aromatic carbocycles. The number of sulfone groups is 1. The molecule has 4 aromatic rings. The van der Waals surface area contributed by atoms with E-state index in [1.54, 1.807) is 60.8 Å². The van der Waals surface area contributed by atoms with Gasteiger partial charge in [-0.15, -0.1) is 0 Å². The highest BCUT2D eigenvalue weighted by Gasteiger charge is 2.27. The van der Waals surface area contributed by atoms with E-state index in [9.17, 15) is 16.8 Å². The molecule has 0 atom stereocenters. The van der Waals surface area contributed by atoms with E-state index in [0.717, 1.165) is 36.8 Å². The first-order valence-electron chi connectivity index (χ1n) is 13.1. The van der Waals surface area contributed by atoms with Crippen LogP contribution in [0.25, 0.3) is 16.6 Å². The van der Waals surface area contributed by atoms with Crippen LogP contribution in [0.2, 0.25) is 0 Å². The van der Waals surface area contributed by atoms with Crippen molar-refractivity contribution >= 4 is 36.5 Å². The third kappa shape index (κ3) is 5.65. The lowest BCUT2D eigenvalue weighted by molar-refractivity contribution is 0.242. The number of ether oxygens (including phenoxy) is 1. The first kappa shape index (κ1) is 27.1. The third-order valence-electron chi connectivity index (χ3n) is 6.90. The van der Waals surface area contributed by atoms with Crippen molar-refractivity contribution in [1.82, 2.24) is 8.96 Å². The predicted octanol–water partition coefficient (Wildman–Crippen LogP) is 6.09. The van der Waals surface area contributed by atoms with Crippen molar-refractivity contribution in [3.05, 3.63) is 90.3 Å². The Morgan fingerprint density at radius 3 is 2.23 bits per heavy atom. The first-order chi connectivity index (χ1) is 18.5. The van der Waals surface area contributed by atoms with Crippen LogP contribution in [0.5, 0.6) is 5.75 Å². The van der Waals surface area contributed by atoms with Crippen LogP contribution in [0.15, 0.2) is 88.8 Å². The standard InChI is InChI=1S/C30H32N2O5S2/c1-21(2)37-25-18-24-19-29(32(30(24)31-20-25)39(35,36)27-11-5-4-6-12-27)28(17-22-9-7-8-10-22)23-13-15-26(16-14-23)38(3,33)34/h4-6,11-22H,7-10H2,1-3H3. The summed E-state index contributed by atoms with van der Waals surface area (Å²) in [6, 6.07) is 18.6. The molecule has 1 saturated carbocycles. The van der Waals surface area contributed by atoms with Crippen molar-refractivity contribution in [2.45, 2.75) is 55.4 Å². The number of fused-ring (bicyclic) bond motifs is 1. The Balaban J connectivity index is 1.78. The van der Waals surface area contributed by atoms with Gasteiger partial charge in [0.25, 0.3) is 10.0 Å². The Bertz CT molecular complexity index is 1730. The third-order valence-corrected chi connectivity index (χ3v) is 9.74. The lowest BCUT2D eigenvalue weighted by atomic mass is 9.96. The van der Waals surface area contributed by atoms with Crippen LogP contribution >= 0.6 is 0 Å². The maximum Gasteiger partial charge on any atom is 0.269 e. The maximum absolute atomic E-state index is 14.1. The molecule has 5 rings (SSSR count). The van der Waals surface area contributed by atoms with Gasteiger partial charge in [0.05, 0.1) is 27.8 Å². The number of hydrogen-bond acceptors (Lipinski definition) is 6. The summed E-state index contributed by atoms with van der Waals surface area (Å²) in [7, 11) is -7.41. The number of benzene rings is 2. The van der Waals surface area contributed by atoms with Crippen LogP contribution in [0.3, 0.4) is 0 Å². The quantitative estimate of drug-likeness (QED) is 0.257. The summed E-state index contributed by atoms with van der Waals surface area (Å²) in [6.07, 6.45) is 9.05. The minimum Gasteiger partial charge on any atom is -0.489 e. The zero-order chi connectivity index (χ0) is 27.8. The summed E-state index contributed by atoms with van der Waals surface area (Å²) < 4.78 is 59.7. The van der Waals surface area contributed by atoms with Gasteiger partial charge < -0.3 is 4.74 Å². The second-order valence-electron chi connectivity index (χ2n) is 10.3. The molecule has 204 valence electrons. The molecule has 39 heavy (non-hydrogen) atoms. The van der Waals surface area contributed by atoms with Crippen molar-refractivity contribution in [1.29, 1.82) is 0 Å². The van der Waals surface area contributed by atoms with Gasteiger partial charge >= 0.3 is 0 Å². The SMILES string of the molecule is CC(C)Oc1cnc2c(c1)cc(C(=CC1CCCC1)c1ccc(S(C)(=O)=O)cc1)n2S(=O)(=O)c1ccccc1. The lowest BCUT2D eigenvalue weighted by Gasteiger charge is -2.16. The van der Waals surface area contributed by atoms with Gasteiger partial charge in [0.1, 0.15) is 5.75 Å². The summed E-state index contributed by atoms with van der Waals surface area (Å²) >= 11 is 0. The predicted molar refractivity (Wildman–Crippen MR) is 153 cm³/mol. The second kappa shape index (κ2) is 10.6. The maximum atomic E-state index is 14.1. The van der Waals surface area contributed by atoms with Crippen LogP contribution < -0.4 is 4.74 Å². The van der Waals surface area contributed by atoms with E-state index in [4.69, 9.17) is 4.74 Å². The number of allylic oxidation sites excluding steroid dienone is 1. The normalized spacial score (nSPS) is 15.3. The van der Waals surface area contributed by atoms with Crippen molar-refractivity contribution in [2.24, 2.45) is 5.92 Å². The van der Waals surface area contributed by atoms with Gasteiger partial charge in [-0.25, -0.2) is 25.8 Å². The van der Waals surface area contributed by atoms with E-state index in [2.05, 4.69) is 11.1 Å². The van der Waals surface area contributed by atoms with Gasteiger partial charge in [-0.3, -0.25) is 0 Å². The van der Waals surface area contributed by atoms with Crippen molar-refractivity contribution in [3.63, 3.8) is 0 Å². The summed E-state index contributed by atoms with van der Waals surface area (Å²) in [5, 5.41) is 0.632. The minimum atomic E-state index is -4.03. The number of hydrogen-bond donors (Lipinski definition) is 0. The number of aromatic nitrogens is 2. The van der Waals surface area contributed by atoms with Crippen LogP contribution in [0.4, 0.5) is 0 Å². The van der Waals surface area contributed by atoms with Gasteiger partial charge in [-0.1, -0.05) is 49.2 Å².